The first-order valence-electron chi connectivity index (χ1n) is 10.1. The number of ether oxygens (including phenoxy) is 1. The normalized spacial score (nSPS) is 20.2. The maximum absolute atomic E-state index is 13.5. The van der Waals surface area contributed by atoms with Crippen LogP contribution in [0.1, 0.15) is 47.1 Å². The third-order valence-electron chi connectivity index (χ3n) is 6.14. The average Bonchev–Trinajstić information content (AvgIpc) is 3.13. The van der Waals surface area contributed by atoms with Gasteiger partial charge in [-0.1, -0.05) is 35.0 Å². The minimum Gasteiger partial charge on any atom is -0.504 e. The Balaban J connectivity index is 1.59. The van der Waals surface area contributed by atoms with Crippen LogP contribution in [0.2, 0.25) is 5.02 Å². The molecule has 0 bridgehead atoms. The van der Waals surface area contributed by atoms with E-state index in [1.165, 1.54) is 7.11 Å². The van der Waals surface area contributed by atoms with Crippen LogP contribution >= 0.6 is 11.6 Å². The molecular weight excluding hydrogens is 416 g/mol. The number of carbonyl (C=O) groups excluding carboxylic acids is 1. The van der Waals surface area contributed by atoms with Gasteiger partial charge in [0.2, 0.25) is 5.88 Å². The van der Waals surface area contributed by atoms with Gasteiger partial charge in [-0.3, -0.25) is 4.79 Å². The van der Waals surface area contributed by atoms with E-state index in [1.54, 1.807) is 12.1 Å². The average molecular weight is 437 g/mol. The number of ketones is 1. The minimum atomic E-state index is -0.252. The van der Waals surface area contributed by atoms with Gasteiger partial charge < -0.3 is 19.7 Å². The number of aromatic hydroxyl groups is 1. The highest BCUT2D eigenvalue weighted by Crippen LogP contribution is 2.49. The van der Waals surface area contributed by atoms with Crippen molar-refractivity contribution < 1.29 is 19.2 Å². The smallest absolute Gasteiger partial charge is 0.233 e. The number of halogens is 1. The molecule has 2 aromatic carbocycles. The molecule has 1 aliphatic carbocycles. The van der Waals surface area contributed by atoms with Crippen LogP contribution in [-0.2, 0) is 4.79 Å². The van der Waals surface area contributed by atoms with Gasteiger partial charge in [-0.25, -0.2) is 0 Å². The Morgan fingerprint density at radius 1 is 1.16 bits per heavy atom. The first kappa shape index (κ1) is 19.7. The number of fused-ring (bicyclic) bond motifs is 1. The lowest BCUT2D eigenvalue weighted by Gasteiger charge is -2.34. The molecule has 2 heterocycles. The molecule has 158 valence electrons. The van der Waals surface area contributed by atoms with Crippen molar-refractivity contribution in [2.45, 2.75) is 31.6 Å². The summed E-state index contributed by atoms with van der Waals surface area (Å²) in [5.74, 6) is 0.842. The largest absolute Gasteiger partial charge is 0.504 e. The van der Waals surface area contributed by atoms with Gasteiger partial charge in [0.15, 0.2) is 17.3 Å². The van der Waals surface area contributed by atoms with E-state index in [-0.39, 0.29) is 23.4 Å². The Bertz CT molecular complexity index is 1210. The van der Waals surface area contributed by atoms with E-state index in [4.69, 9.17) is 20.9 Å². The molecule has 0 radical (unpaired) electrons. The van der Waals surface area contributed by atoms with Crippen molar-refractivity contribution in [1.29, 1.82) is 0 Å². The van der Waals surface area contributed by atoms with Gasteiger partial charge in [0.25, 0.3) is 0 Å². The highest BCUT2D eigenvalue weighted by atomic mass is 35.5. The highest BCUT2D eigenvalue weighted by molar-refractivity contribution is 6.30. The number of rotatable bonds is 3. The molecule has 1 aliphatic heterocycles. The second-order valence-electron chi connectivity index (χ2n) is 7.97. The van der Waals surface area contributed by atoms with E-state index in [2.05, 4.69) is 10.5 Å². The highest BCUT2D eigenvalue weighted by Gasteiger charge is 2.41. The molecule has 1 aromatic heterocycles. The van der Waals surface area contributed by atoms with Crippen molar-refractivity contribution in [3.63, 3.8) is 0 Å². The Hall–Kier alpha value is -3.25. The van der Waals surface area contributed by atoms with Crippen molar-refractivity contribution in [2.75, 3.05) is 12.4 Å². The van der Waals surface area contributed by atoms with Crippen molar-refractivity contribution in [2.24, 2.45) is 0 Å². The first-order chi connectivity index (χ1) is 15.0. The molecule has 3 aromatic rings. The number of phenolic OH excluding ortho intramolecular Hbond substituents is 1. The summed E-state index contributed by atoms with van der Waals surface area (Å²) in [5.41, 5.74) is 5.16. The van der Waals surface area contributed by atoms with Crippen molar-refractivity contribution >= 4 is 23.3 Å². The molecule has 0 spiro atoms. The lowest BCUT2D eigenvalue weighted by Crippen LogP contribution is -2.29. The fourth-order valence-electron chi connectivity index (χ4n) is 4.64. The summed E-state index contributed by atoms with van der Waals surface area (Å²) in [6.45, 7) is 1.89. The zero-order valence-electron chi connectivity index (χ0n) is 17.1. The zero-order chi connectivity index (χ0) is 21.7. The predicted molar refractivity (Wildman–Crippen MR) is 117 cm³/mol. The monoisotopic (exact) mass is 436 g/mol. The van der Waals surface area contributed by atoms with Crippen LogP contribution in [0.3, 0.4) is 0 Å². The summed E-state index contributed by atoms with van der Waals surface area (Å²) in [4.78, 5) is 13.5. The Morgan fingerprint density at radius 2 is 1.90 bits per heavy atom. The number of phenols is 1. The Labute approximate surface area is 184 Å². The number of anilines is 1. The van der Waals surface area contributed by atoms with Gasteiger partial charge in [-0.05, 0) is 54.7 Å². The third-order valence-corrected chi connectivity index (χ3v) is 6.39. The predicted octanol–water partition coefficient (Wildman–Crippen LogP) is 5.31. The molecule has 0 unspecified atom stereocenters. The van der Waals surface area contributed by atoms with E-state index in [0.717, 1.165) is 33.7 Å². The number of carbonyl (C=O) groups is 1. The van der Waals surface area contributed by atoms with Gasteiger partial charge in [0, 0.05) is 28.6 Å². The van der Waals surface area contributed by atoms with E-state index in [9.17, 15) is 9.90 Å². The summed E-state index contributed by atoms with van der Waals surface area (Å²) >= 11 is 6.10. The molecular formula is C24H21ClN2O4. The van der Waals surface area contributed by atoms with Gasteiger partial charge in [-0.2, -0.15) is 0 Å². The van der Waals surface area contributed by atoms with Crippen molar-refractivity contribution in [3.05, 3.63) is 81.1 Å². The summed E-state index contributed by atoms with van der Waals surface area (Å²) in [5, 5.41) is 18.0. The van der Waals surface area contributed by atoms with E-state index < -0.39 is 0 Å². The van der Waals surface area contributed by atoms with Crippen LogP contribution < -0.4 is 10.1 Å². The quantitative estimate of drug-likeness (QED) is 0.578. The number of Topliss-reactive ketones (excluding diaryl/α,β-unsaturated/α-hetero) is 1. The van der Waals surface area contributed by atoms with Crippen molar-refractivity contribution in [1.82, 2.24) is 5.16 Å². The van der Waals surface area contributed by atoms with Gasteiger partial charge in [-0.15, -0.1) is 0 Å². The second-order valence-corrected chi connectivity index (χ2v) is 8.41. The van der Waals surface area contributed by atoms with Gasteiger partial charge in [0.05, 0.1) is 18.4 Å². The second kappa shape index (κ2) is 7.46. The molecule has 5 rings (SSSR count). The molecule has 7 heteroatoms. The first-order valence-corrected chi connectivity index (χ1v) is 10.5. The summed E-state index contributed by atoms with van der Waals surface area (Å²) < 4.78 is 10.8. The lowest BCUT2D eigenvalue weighted by atomic mass is 9.72. The summed E-state index contributed by atoms with van der Waals surface area (Å²) in [7, 11) is 1.51. The summed E-state index contributed by atoms with van der Waals surface area (Å²) in [6.07, 6.45) is 1.01. The molecule has 2 N–H and O–H groups in total. The number of methoxy groups -OCH3 is 1. The lowest BCUT2D eigenvalue weighted by molar-refractivity contribution is -0.116. The Kier molecular flexibility index (Phi) is 4.74. The number of nitrogens with zero attached hydrogens (tertiary/aromatic N) is 1. The van der Waals surface area contributed by atoms with E-state index >= 15 is 0 Å². The standard InChI is InChI=1S/C24H21ClN2O4/c1-12-21-22(13-3-6-16(25)7-4-13)23-17(26-24(21)31-27-12)9-15(10-19(23)29)14-5-8-18(28)20(11-14)30-2/h3-8,11,15,22,26,28H,9-10H2,1-2H3/t15-,22-/m1/s1. The van der Waals surface area contributed by atoms with Crippen LogP contribution in [0.4, 0.5) is 5.88 Å². The molecule has 2 atom stereocenters. The molecule has 0 saturated carbocycles. The fraction of sp³-hybridized carbons (Fsp3) is 0.250. The van der Waals surface area contributed by atoms with Crippen molar-refractivity contribution in [3.8, 4) is 11.5 Å². The van der Waals surface area contributed by atoms with Gasteiger partial charge in [0.1, 0.15) is 0 Å². The van der Waals surface area contributed by atoms with Crippen LogP contribution in [0.15, 0.2) is 58.3 Å². The van der Waals surface area contributed by atoms with Gasteiger partial charge >= 0.3 is 0 Å². The third kappa shape index (κ3) is 3.27. The number of benzene rings is 2. The molecule has 31 heavy (non-hydrogen) atoms. The number of hydrogen-bond donors (Lipinski definition) is 2. The number of aromatic nitrogens is 1. The zero-order valence-corrected chi connectivity index (χ0v) is 17.9. The number of nitrogens with one attached hydrogen (secondary N) is 1. The molecule has 2 aliphatic rings. The molecule has 0 fully saturated rings. The van der Waals surface area contributed by atoms with Crippen LogP contribution in [0.5, 0.6) is 11.5 Å². The van der Waals surface area contributed by atoms with Crippen LogP contribution in [0, 0.1) is 6.92 Å². The van der Waals surface area contributed by atoms with Crippen LogP contribution in [-0.4, -0.2) is 23.2 Å². The minimum absolute atomic E-state index is 0.0373. The maximum Gasteiger partial charge on any atom is 0.233 e. The summed E-state index contributed by atoms with van der Waals surface area (Å²) in [6, 6.07) is 12.8. The number of allylic oxidation sites excluding steroid dienone is 2. The maximum atomic E-state index is 13.5. The molecule has 0 amide bonds. The molecule has 0 saturated heterocycles. The van der Waals surface area contributed by atoms with E-state index in [1.807, 2.05) is 37.3 Å². The number of hydrogen-bond acceptors (Lipinski definition) is 6. The topological polar surface area (TPSA) is 84.6 Å². The SMILES string of the molecule is COc1cc([C@H]2CC(=O)C3=C(C2)Nc2onc(C)c2[C@H]3c2ccc(Cl)cc2)ccc1O. The number of aryl methyl sites for hydroxylation is 1. The molecule has 6 nitrogen and oxygen atoms in total. The van der Waals surface area contributed by atoms with E-state index in [0.29, 0.717) is 29.5 Å². The van der Waals surface area contributed by atoms with Crippen LogP contribution in [0.25, 0.3) is 0 Å². The fourth-order valence-corrected chi connectivity index (χ4v) is 4.77. The Morgan fingerprint density at radius 3 is 2.65 bits per heavy atom.